The van der Waals surface area contributed by atoms with Crippen LogP contribution in [0.25, 0.3) is 5.69 Å². The van der Waals surface area contributed by atoms with Gasteiger partial charge < -0.3 is 15.5 Å². The fourth-order valence-electron chi connectivity index (χ4n) is 3.45. The van der Waals surface area contributed by atoms with Crippen molar-refractivity contribution >= 4 is 17.4 Å². The van der Waals surface area contributed by atoms with Gasteiger partial charge in [-0.05, 0) is 55.3 Å². The Hall–Kier alpha value is -3.28. The molecular weight excluding hydrogens is 338 g/mol. The predicted molar refractivity (Wildman–Crippen MR) is 108 cm³/mol. The van der Waals surface area contributed by atoms with Gasteiger partial charge in [0.1, 0.15) is 0 Å². The number of nitrogens with zero attached hydrogens (tertiary/aromatic N) is 3. The topological polar surface area (TPSA) is 62.2 Å². The Morgan fingerprint density at radius 3 is 2.70 bits per heavy atom. The lowest BCUT2D eigenvalue weighted by Crippen LogP contribution is -2.39. The minimum atomic E-state index is -0.162. The van der Waals surface area contributed by atoms with Gasteiger partial charge in [-0.1, -0.05) is 18.2 Å². The van der Waals surface area contributed by atoms with Crippen molar-refractivity contribution in [3.8, 4) is 5.69 Å². The third kappa shape index (κ3) is 3.95. The van der Waals surface area contributed by atoms with E-state index in [1.54, 1.807) is 10.9 Å². The highest BCUT2D eigenvalue weighted by Crippen LogP contribution is 2.21. The minimum Gasteiger partial charge on any atom is -0.369 e. The van der Waals surface area contributed by atoms with Crippen LogP contribution in [0.4, 0.5) is 16.2 Å². The first kappa shape index (κ1) is 17.1. The Morgan fingerprint density at radius 1 is 1.11 bits per heavy atom. The van der Waals surface area contributed by atoms with Crippen molar-refractivity contribution in [1.82, 2.24) is 15.1 Å². The van der Waals surface area contributed by atoms with Crippen LogP contribution in [0.5, 0.6) is 0 Å². The number of aromatic nitrogens is 2. The van der Waals surface area contributed by atoms with Crippen molar-refractivity contribution in [3.05, 3.63) is 72.6 Å². The van der Waals surface area contributed by atoms with E-state index in [-0.39, 0.29) is 12.1 Å². The summed E-state index contributed by atoms with van der Waals surface area (Å²) in [6, 6.07) is 18.0. The van der Waals surface area contributed by atoms with E-state index < -0.39 is 0 Å². The number of rotatable bonds is 4. The highest BCUT2D eigenvalue weighted by molar-refractivity contribution is 5.90. The molecule has 1 atom stereocenters. The Bertz CT molecular complexity index is 908. The van der Waals surface area contributed by atoms with Gasteiger partial charge in [0.25, 0.3) is 0 Å². The molecule has 1 fully saturated rings. The van der Waals surface area contributed by atoms with Crippen LogP contribution in [0.3, 0.4) is 0 Å². The molecule has 1 saturated heterocycles. The molecule has 1 aliphatic heterocycles. The van der Waals surface area contributed by atoms with Crippen LogP contribution in [0.15, 0.2) is 67.0 Å². The molecule has 1 aliphatic rings. The zero-order chi connectivity index (χ0) is 18.6. The van der Waals surface area contributed by atoms with Crippen molar-refractivity contribution < 1.29 is 4.79 Å². The van der Waals surface area contributed by atoms with Crippen LogP contribution >= 0.6 is 0 Å². The maximum Gasteiger partial charge on any atom is 0.319 e. The molecule has 0 spiro atoms. The molecule has 6 heteroatoms. The van der Waals surface area contributed by atoms with Crippen LogP contribution < -0.4 is 15.5 Å². The summed E-state index contributed by atoms with van der Waals surface area (Å²) < 4.78 is 1.80. The maximum absolute atomic E-state index is 12.4. The highest BCUT2D eigenvalue weighted by atomic mass is 16.2. The molecule has 2 aromatic carbocycles. The quantitative estimate of drug-likeness (QED) is 0.747. The molecule has 27 heavy (non-hydrogen) atoms. The van der Waals surface area contributed by atoms with Gasteiger partial charge in [-0.3, -0.25) is 0 Å². The second-order valence-electron chi connectivity index (χ2n) is 6.82. The van der Waals surface area contributed by atoms with Crippen LogP contribution in [-0.2, 0) is 0 Å². The summed E-state index contributed by atoms with van der Waals surface area (Å²) in [5.74, 6) is 0. The third-order valence-corrected chi connectivity index (χ3v) is 4.87. The lowest BCUT2D eigenvalue weighted by Gasteiger charge is -2.19. The summed E-state index contributed by atoms with van der Waals surface area (Å²) >= 11 is 0. The number of para-hydroxylation sites is 1. The molecule has 4 rings (SSSR count). The Morgan fingerprint density at radius 2 is 1.96 bits per heavy atom. The number of amides is 2. The van der Waals surface area contributed by atoms with Gasteiger partial charge >= 0.3 is 6.03 Å². The van der Waals surface area contributed by atoms with Crippen LogP contribution in [-0.4, -0.2) is 34.9 Å². The van der Waals surface area contributed by atoms with Crippen molar-refractivity contribution in [3.63, 3.8) is 0 Å². The Labute approximate surface area is 158 Å². The summed E-state index contributed by atoms with van der Waals surface area (Å²) in [5, 5.41) is 10.3. The Kier molecular flexibility index (Phi) is 4.78. The fourth-order valence-corrected chi connectivity index (χ4v) is 3.45. The molecule has 0 radical (unpaired) electrons. The van der Waals surface area contributed by atoms with Crippen LogP contribution in [0.2, 0.25) is 0 Å². The number of carbonyl (C=O) groups is 1. The van der Waals surface area contributed by atoms with E-state index in [9.17, 15) is 4.79 Å². The summed E-state index contributed by atoms with van der Waals surface area (Å²) in [5.41, 5.74) is 3.97. The first-order chi connectivity index (χ1) is 13.2. The molecule has 2 heterocycles. The van der Waals surface area contributed by atoms with E-state index in [0.29, 0.717) is 0 Å². The van der Waals surface area contributed by atoms with E-state index >= 15 is 0 Å². The number of benzene rings is 2. The minimum absolute atomic E-state index is 0.147. The number of carbonyl (C=O) groups excluding carboxylic acids is 1. The smallest absolute Gasteiger partial charge is 0.319 e. The van der Waals surface area contributed by atoms with E-state index in [2.05, 4.69) is 32.8 Å². The third-order valence-electron chi connectivity index (χ3n) is 4.87. The first-order valence-electron chi connectivity index (χ1n) is 9.17. The lowest BCUT2D eigenvalue weighted by molar-refractivity contribution is 0.249. The van der Waals surface area contributed by atoms with Gasteiger partial charge in [-0.25, -0.2) is 9.48 Å². The molecule has 0 bridgehead atoms. The monoisotopic (exact) mass is 361 g/mol. The van der Waals surface area contributed by atoms with Gasteiger partial charge in [0.05, 0.1) is 5.69 Å². The number of hydrogen-bond donors (Lipinski definition) is 2. The summed E-state index contributed by atoms with van der Waals surface area (Å²) in [6.07, 6.45) is 4.59. The average Bonchev–Trinajstić information content (AvgIpc) is 3.36. The standard InChI is InChI=1S/C21H23N5O/c1-16-14-19(26-12-5-11-22-26)8-9-20(16)24-21(27)23-17-10-13-25(15-17)18-6-3-2-4-7-18/h2-9,11-12,14,17H,10,13,15H2,1H3,(H2,23,24,27)/t17-/m1/s1. The molecule has 138 valence electrons. The summed E-state index contributed by atoms with van der Waals surface area (Å²) in [7, 11) is 0. The lowest BCUT2D eigenvalue weighted by atomic mass is 10.2. The van der Waals surface area contributed by atoms with Crippen molar-refractivity contribution in [2.45, 2.75) is 19.4 Å². The van der Waals surface area contributed by atoms with E-state index in [0.717, 1.165) is 36.4 Å². The molecule has 3 aromatic rings. The average molecular weight is 361 g/mol. The highest BCUT2D eigenvalue weighted by Gasteiger charge is 2.24. The summed E-state index contributed by atoms with van der Waals surface area (Å²) in [6.45, 7) is 3.76. The van der Waals surface area contributed by atoms with Crippen molar-refractivity contribution in [2.24, 2.45) is 0 Å². The van der Waals surface area contributed by atoms with Gasteiger partial charge in [-0.2, -0.15) is 5.10 Å². The molecule has 1 aromatic heterocycles. The van der Waals surface area contributed by atoms with Crippen LogP contribution in [0, 0.1) is 6.92 Å². The molecule has 2 N–H and O–H groups in total. The molecule has 2 amide bonds. The number of urea groups is 1. The van der Waals surface area contributed by atoms with Gasteiger partial charge in [0.15, 0.2) is 0 Å². The zero-order valence-corrected chi connectivity index (χ0v) is 15.3. The molecule has 0 saturated carbocycles. The second-order valence-corrected chi connectivity index (χ2v) is 6.82. The number of hydrogen-bond acceptors (Lipinski definition) is 3. The second kappa shape index (κ2) is 7.53. The van der Waals surface area contributed by atoms with Gasteiger partial charge in [0, 0.05) is 42.9 Å². The molecular formula is C21H23N5O. The molecule has 0 unspecified atom stereocenters. The van der Waals surface area contributed by atoms with E-state index in [1.807, 2.05) is 55.6 Å². The summed E-state index contributed by atoms with van der Waals surface area (Å²) in [4.78, 5) is 14.7. The maximum atomic E-state index is 12.4. The van der Waals surface area contributed by atoms with E-state index in [4.69, 9.17) is 0 Å². The number of anilines is 2. The molecule has 6 nitrogen and oxygen atoms in total. The molecule has 0 aliphatic carbocycles. The Balaban J connectivity index is 1.35. The normalized spacial score (nSPS) is 16.3. The van der Waals surface area contributed by atoms with Crippen molar-refractivity contribution in [2.75, 3.05) is 23.3 Å². The first-order valence-corrected chi connectivity index (χ1v) is 9.17. The largest absolute Gasteiger partial charge is 0.369 e. The zero-order valence-electron chi connectivity index (χ0n) is 15.3. The SMILES string of the molecule is Cc1cc(-n2cccn2)ccc1NC(=O)N[C@@H]1CCN(c2ccccc2)C1. The number of nitrogens with one attached hydrogen (secondary N) is 2. The van der Waals surface area contributed by atoms with Crippen LogP contribution in [0.1, 0.15) is 12.0 Å². The van der Waals surface area contributed by atoms with E-state index in [1.165, 1.54) is 5.69 Å². The number of aryl methyl sites for hydroxylation is 1. The van der Waals surface area contributed by atoms with Gasteiger partial charge in [0.2, 0.25) is 0 Å². The fraction of sp³-hybridized carbons (Fsp3) is 0.238. The van der Waals surface area contributed by atoms with Gasteiger partial charge in [-0.15, -0.1) is 0 Å². The van der Waals surface area contributed by atoms with Crippen molar-refractivity contribution in [1.29, 1.82) is 0 Å². The predicted octanol–water partition coefficient (Wildman–Crippen LogP) is 3.58.